The van der Waals surface area contributed by atoms with E-state index < -0.39 is 31.3 Å². The maximum atomic E-state index is 14.1. The van der Waals surface area contributed by atoms with Gasteiger partial charge in [0.2, 0.25) is 10.0 Å². The van der Waals surface area contributed by atoms with Crippen LogP contribution in [0.25, 0.3) is 0 Å². The zero-order valence-corrected chi connectivity index (χ0v) is 12.1. The van der Waals surface area contributed by atoms with Gasteiger partial charge in [-0.05, 0) is 18.8 Å². The molecule has 21 heavy (non-hydrogen) atoms. The summed E-state index contributed by atoms with van der Waals surface area (Å²) in [6, 6.07) is 1.46. The molecule has 0 aliphatic heterocycles. The zero-order chi connectivity index (χ0) is 15.8. The van der Waals surface area contributed by atoms with Gasteiger partial charge in [0.05, 0.1) is 16.7 Å². The number of halogens is 1. The molecule has 2 rings (SSSR count). The lowest BCUT2D eigenvalue weighted by Crippen LogP contribution is -2.30. The van der Waals surface area contributed by atoms with Crippen LogP contribution in [-0.2, 0) is 10.0 Å². The van der Waals surface area contributed by atoms with Gasteiger partial charge in [0.25, 0.3) is 5.69 Å². The molecule has 0 bridgehead atoms. The minimum absolute atomic E-state index is 0.278. The Hall–Kier alpha value is -1.78. The Kier molecular flexibility index (Phi) is 4.12. The first-order chi connectivity index (χ1) is 9.77. The first-order valence-corrected chi connectivity index (χ1v) is 7.62. The maximum absolute atomic E-state index is 14.1. The number of hydrogen-bond acceptors (Lipinski definition) is 6. The second-order valence-electron chi connectivity index (χ2n) is 4.93. The van der Waals surface area contributed by atoms with Gasteiger partial charge in [-0.1, -0.05) is 0 Å². The summed E-state index contributed by atoms with van der Waals surface area (Å²) in [5.41, 5.74) is 1.09. The van der Waals surface area contributed by atoms with Gasteiger partial charge < -0.3 is 5.43 Å². The van der Waals surface area contributed by atoms with E-state index in [0.29, 0.717) is 6.07 Å². The Bertz CT molecular complexity index is 675. The number of non-ortho nitro benzene ring substituents is 1. The van der Waals surface area contributed by atoms with Crippen molar-refractivity contribution in [3.63, 3.8) is 0 Å². The van der Waals surface area contributed by atoms with Crippen molar-refractivity contribution in [3.8, 4) is 0 Å². The molecule has 1 aromatic rings. The minimum atomic E-state index is -4.12. The number of nitrogens with one attached hydrogen (secondary N) is 1. The monoisotopic (exact) mass is 318 g/mol. The van der Waals surface area contributed by atoms with Crippen molar-refractivity contribution in [1.29, 1.82) is 0 Å². The number of nitrogen functional groups attached to an aromatic ring is 1. The molecular weight excluding hydrogens is 303 g/mol. The number of sulfonamides is 1. The Balaban J connectivity index is 2.48. The number of nitro benzene ring substituents is 1. The van der Waals surface area contributed by atoms with Crippen LogP contribution in [0.5, 0.6) is 0 Å². The van der Waals surface area contributed by atoms with Gasteiger partial charge >= 0.3 is 0 Å². The highest BCUT2D eigenvalue weighted by molar-refractivity contribution is 7.89. The largest absolute Gasteiger partial charge is 0.323 e. The molecule has 1 fully saturated rings. The number of nitrogens with zero attached hydrogens (tertiary/aromatic N) is 2. The number of hydrazine groups is 1. The van der Waals surface area contributed by atoms with Crippen molar-refractivity contribution in [2.24, 2.45) is 11.8 Å². The lowest BCUT2D eigenvalue weighted by Gasteiger charge is -2.19. The first kappa shape index (κ1) is 15.6. The second kappa shape index (κ2) is 5.54. The molecule has 3 N–H and O–H groups in total. The molecule has 0 spiro atoms. The van der Waals surface area contributed by atoms with Crippen LogP contribution in [0.2, 0.25) is 0 Å². The van der Waals surface area contributed by atoms with Crippen molar-refractivity contribution in [2.45, 2.75) is 17.7 Å². The highest BCUT2D eigenvalue weighted by Crippen LogP contribution is 2.34. The molecule has 10 heteroatoms. The van der Waals surface area contributed by atoms with Crippen LogP contribution in [0, 0.1) is 21.8 Å². The Morgan fingerprint density at radius 3 is 2.62 bits per heavy atom. The maximum Gasteiger partial charge on any atom is 0.274 e. The Morgan fingerprint density at radius 2 is 2.14 bits per heavy atom. The molecule has 1 aliphatic carbocycles. The summed E-state index contributed by atoms with van der Waals surface area (Å²) in [5, 5.41) is 10.7. The summed E-state index contributed by atoms with van der Waals surface area (Å²) in [6.45, 7) is 0.281. The fourth-order valence-electron chi connectivity index (χ4n) is 1.97. The fraction of sp³-hybridized carbons (Fsp3) is 0.455. The summed E-state index contributed by atoms with van der Waals surface area (Å²) in [4.78, 5) is 9.17. The van der Waals surface area contributed by atoms with Crippen LogP contribution in [0.15, 0.2) is 17.0 Å². The molecule has 116 valence electrons. The van der Waals surface area contributed by atoms with E-state index in [9.17, 15) is 22.9 Å². The molecule has 0 unspecified atom stereocenters. The average molecular weight is 318 g/mol. The molecule has 0 amide bonds. The van der Waals surface area contributed by atoms with Crippen LogP contribution >= 0.6 is 0 Å². The van der Waals surface area contributed by atoms with Crippen molar-refractivity contribution in [2.75, 3.05) is 19.0 Å². The SMILES string of the molecule is CN(CC1CC1)S(=O)(=O)c1c(F)cc([N+](=O)[O-])cc1NN. The lowest BCUT2D eigenvalue weighted by atomic mass is 10.3. The number of benzene rings is 1. The predicted octanol–water partition coefficient (Wildman–Crippen LogP) is 1.05. The van der Waals surface area contributed by atoms with Crippen molar-refractivity contribution in [3.05, 3.63) is 28.1 Å². The van der Waals surface area contributed by atoms with Crippen molar-refractivity contribution >= 4 is 21.4 Å². The minimum Gasteiger partial charge on any atom is -0.323 e. The normalized spacial score (nSPS) is 15.2. The van der Waals surface area contributed by atoms with Crippen molar-refractivity contribution in [1.82, 2.24) is 4.31 Å². The third-order valence-electron chi connectivity index (χ3n) is 3.28. The standard InChI is InChI=1S/C11H15FN4O4S/c1-15(6-7-2-3-7)21(19,20)11-9(12)4-8(16(17)18)5-10(11)14-13/h4-5,7,14H,2-3,6,13H2,1H3. The van der Waals surface area contributed by atoms with Crippen LogP contribution in [0.4, 0.5) is 15.8 Å². The van der Waals surface area contributed by atoms with Crippen molar-refractivity contribution < 1.29 is 17.7 Å². The quantitative estimate of drug-likeness (QED) is 0.460. The van der Waals surface area contributed by atoms with E-state index in [4.69, 9.17) is 5.84 Å². The second-order valence-corrected chi connectivity index (χ2v) is 6.92. The van der Waals surface area contributed by atoms with Gasteiger partial charge in [0.15, 0.2) is 5.82 Å². The molecule has 0 heterocycles. The summed E-state index contributed by atoms with van der Waals surface area (Å²) >= 11 is 0. The predicted molar refractivity (Wildman–Crippen MR) is 73.4 cm³/mol. The molecule has 1 saturated carbocycles. The first-order valence-electron chi connectivity index (χ1n) is 6.18. The van der Waals surface area contributed by atoms with Crippen LogP contribution in [0.3, 0.4) is 0 Å². The molecule has 0 saturated heterocycles. The van der Waals surface area contributed by atoms with Crippen LogP contribution in [-0.4, -0.2) is 31.2 Å². The van der Waals surface area contributed by atoms with Gasteiger partial charge in [-0.2, -0.15) is 0 Å². The summed E-state index contributed by atoms with van der Waals surface area (Å²) in [6.07, 6.45) is 1.87. The summed E-state index contributed by atoms with van der Waals surface area (Å²) in [5.74, 6) is 4.25. The summed E-state index contributed by atoms with van der Waals surface area (Å²) < 4.78 is 39.9. The lowest BCUT2D eigenvalue weighted by molar-refractivity contribution is -0.385. The van der Waals surface area contributed by atoms with E-state index in [1.54, 1.807) is 0 Å². The smallest absolute Gasteiger partial charge is 0.274 e. The van der Waals surface area contributed by atoms with E-state index in [2.05, 4.69) is 0 Å². The van der Waals surface area contributed by atoms with E-state index in [1.807, 2.05) is 5.43 Å². The molecular formula is C11H15FN4O4S. The molecule has 1 aliphatic rings. The Labute approximate surface area is 120 Å². The third-order valence-corrected chi connectivity index (χ3v) is 5.18. The van der Waals surface area contributed by atoms with Gasteiger partial charge in [0.1, 0.15) is 4.90 Å². The number of hydrogen-bond donors (Lipinski definition) is 2. The van der Waals surface area contributed by atoms with Gasteiger partial charge in [-0.15, -0.1) is 0 Å². The fourth-order valence-corrected chi connectivity index (χ4v) is 3.39. The van der Waals surface area contributed by atoms with E-state index >= 15 is 0 Å². The van der Waals surface area contributed by atoms with E-state index in [-0.39, 0.29) is 18.2 Å². The molecule has 8 nitrogen and oxygen atoms in total. The van der Waals surface area contributed by atoms with Gasteiger partial charge in [-0.25, -0.2) is 17.1 Å². The number of rotatable bonds is 6. The Morgan fingerprint density at radius 1 is 1.52 bits per heavy atom. The highest BCUT2D eigenvalue weighted by Gasteiger charge is 2.33. The third kappa shape index (κ3) is 3.12. The van der Waals surface area contributed by atoms with Gasteiger partial charge in [-0.3, -0.25) is 16.0 Å². The van der Waals surface area contributed by atoms with Crippen LogP contribution < -0.4 is 11.3 Å². The van der Waals surface area contributed by atoms with E-state index in [0.717, 1.165) is 23.2 Å². The average Bonchev–Trinajstić information content (AvgIpc) is 3.20. The molecule has 0 aromatic heterocycles. The molecule has 0 atom stereocenters. The number of nitrogens with two attached hydrogens (primary N) is 1. The van der Waals surface area contributed by atoms with Gasteiger partial charge in [0, 0.05) is 19.7 Å². The van der Waals surface area contributed by atoms with E-state index in [1.165, 1.54) is 7.05 Å². The topological polar surface area (TPSA) is 119 Å². The molecule has 1 aromatic carbocycles. The summed E-state index contributed by atoms with van der Waals surface area (Å²) in [7, 11) is -2.77. The molecule has 0 radical (unpaired) electrons. The number of nitro groups is 1. The zero-order valence-electron chi connectivity index (χ0n) is 11.2. The van der Waals surface area contributed by atoms with Crippen LogP contribution in [0.1, 0.15) is 12.8 Å². The highest BCUT2D eigenvalue weighted by atomic mass is 32.2. The number of anilines is 1.